The first-order valence-corrected chi connectivity index (χ1v) is 13.0. The van der Waals surface area contributed by atoms with E-state index < -0.39 is 21.8 Å². The third-order valence-electron chi connectivity index (χ3n) is 5.78. The molecule has 0 unspecified atom stereocenters. The minimum Gasteiger partial charge on any atom is -0.303 e. The van der Waals surface area contributed by atoms with Crippen molar-refractivity contribution >= 4 is 61.2 Å². The van der Waals surface area contributed by atoms with Crippen molar-refractivity contribution in [3.8, 4) is 0 Å². The zero-order valence-electron chi connectivity index (χ0n) is 16.7. The van der Waals surface area contributed by atoms with E-state index in [1.807, 2.05) is 0 Å². The average molecular weight is 489 g/mol. The number of sulfone groups is 1. The lowest BCUT2D eigenvalue weighted by molar-refractivity contribution is -0.123. The minimum absolute atomic E-state index is 0.0217. The van der Waals surface area contributed by atoms with Crippen LogP contribution in [0.15, 0.2) is 53.4 Å². The lowest BCUT2D eigenvalue weighted by atomic mass is 10.1. The number of carbonyl (C=O) groups is 2. The van der Waals surface area contributed by atoms with Gasteiger partial charge >= 0.3 is 0 Å². The topological polar surface area (TPSA) is 74.8 Å². The Balaban J connectivity index is 1.53. The van der Waals surface area contributed by atoms with Crippen LogP contribution in [0.3, 0.4) is 0 Å². The molecule has 0 aromatic heterocycles. The molecule has 0 N–H and O–H groups in total. The second-order valence-electron chi connectivity index (χ2n) is 7.84. The van der Waals surface area contributed by atoms with Crippen LogP contribution >= 0.6 is 24.0 Å². The summed E-state index contributed by atoms with van der Waals surface area (Å²) < 4.78 is 37.4. The Hall–Kier alpha value is -2.56. The molecule has 2 amide bonds. The van der Waals surface area contributed by atoms with Crippen LogP contribution in [0.25, 0.3) is 5.57 Å². The van der Waals surface area contributed by atoms with E-state index >= 15 is 0 Å². The molecular formula is C22H17FN2O4S3. The van der Waals surface area contributed by atoms with Crippen LogP contribution in [0.5, 0.6) is 0 Å². The van der Waals surface area contributed by atoms with E-state index in [2.05, 4.69) is 0 Å². The highest BCUT2D eigenvalue weighted by molar-refractivity contribution is 8.26. The van der Waals surface area contributed by atoms with E-state index in [1.54, 1.807) is 41.3 Å². The quantitative estimate of drug-likeness (QED) is 0.488. The van der Waals surface area contributed by atoms with E-state index in [0.717, 1.165) is 17.3 Å². The van der Waals surface area contributed by atoms with Crippen LogP contribution in [0.2, 0.25) is 0 Å². The molecule has 0 saturated carbocycles. The van der Waals surface area contributed by atoms with Gasteiger partial charge in [-0.05, 0) is 30.2 Å². The molecule has 3 aliphatic heterocycles. The van der Waals surface area contributed by atoms with Crippen molar-refractivity contribution in [2.75, 3.05) is 16.4 Å². The summed E-state index contributed by atoms with van der Waals surface area (Å²) in [6.07, 6.45) is 0.332. The Morgan fingerprint density at radius 1 is 1.06 bits per heavy atom. The second-order valence-corrected chi connectivity index (χ2v) is 11.7. The number of fused-ring (bicyclic) bond motifs is 1. The molecule has 0 bridgehead atoms. The maximum Gasteiger partial charge on any atom is 0.267 e. The van der Waals surface area contributed by atoms with Gasteiger partial charge in [-0.25, -0.2) is 12.8 Å². The summed E-state index contributed by atoms with van der Waals surface area (Å²) >= 11 is 6.44. The molecule has 0 radical (unpaired) electrons. The third kappa shape index (κ3) is 3.56. The maximum absolute atomic E-state index is 13.5. The van der Waals surface area contributed by atoms with E-state index in [-0.39, 0.29) is 44.6 Å². The molecule has 2 aromatic carbocycles. The smallest absolute Gasteiger partial charge is 0.267 e. The number of rotatable bonds is 3. The first kappa shape index (κ1) is 21.3. The van der Waals surface area contributed by atoms with Crippen molar-refractivity contribution in [1.82, 2.24) is 4.90 Å². The van der Waals surface area contributed by atoms with Crippen LogP contribution in [-0.4, -0.2) is 47.0 Å². The molecule has 164 valence electrons. The van der Waals surface area contributed by atoms with Gasteiger partial charge in [0.2, 0.25) is 0 Å². The Morgan fingerprint density at radius 3 is 2.47 bits per heavy atom. The predicted molar refractivity (Wildman–Crippen MR) is 125 cm³/mol. The highest BCUT2D eigenvalue weighted by Crippen LogP contribution is 2.46. The van der Waals surface area contributed by atoms with Crippen molar-refractivity contribution in [2.24, 2.45) is 0 Å². The van der Waals surface area contributed by atoms with Crippen molar-refractivity contribution in [3.63, 3.8) is 0 Å². The van der Waals surface area contributed by atoms with Crippen molar-refractivity contribution < 1.29 is 22.4 Å². The number of benzene rings is 2. The fourth-order valence-corrected chi connectivity index (χ4v) is 7.42. The van der Waals surface area contributed by atoms with Crippen LogP contribution in [0.1, 0.15) is 17.5 Å². The van der Waals surface area contributed by atoms with Gasteiger partial charge in [0.25, 0.3) is 11.8 Å². The van der Waals surface area contributed by atoms with E-state index in [0.29, 0.717) is 17.7 Å². The van der Waals surface area contributed by atoms with Crippen molar-refractivity contribution in [2.45, 2.75) is 19.0 Å². The molecule has 5 rings (SSSR count). The summed E-state index contributed by atoms with van der Waals surface area (Å²) in [6.45, 7) is 0.223. The van der Waals surface area contributed by atoms with E-state index in [1.165, 1.54) is 17.0 Å². The molecule has 2 saturated heterocycles. The fraction of sp³-hybridized carbons (Fsp3) is 0.227. The van der Waals surface area contributed by atoms with E-state index in [9.17, 15) is 22.4 Å². The SMILES string of the molecule is O=C1/C(=C2/SC(=S)N([C@H]3CCS(=O)(=O)C3)C2=O)c2ccccc2N1Cc1ccc(F)cc1. The summed E-state index contributed by atoms with van der Waals surface area (Å²) in [4.78, 5) is 29.9. The maximum atomic E-state index is 13.5. The number of nitrogens with zero attached hydrogens (tertiary/aromatic N) is 2. The van der Waals surface area contributed by atoms with Crippen LogP contribution in [0, 0.1) is 5.82 Å². The molecule has 0 aliphatic carbocycles. The summed E-state index contributed by atoms with van der Waals surface area (Å²) in [5, 5.41) is 0. The number of amides is 2. The lowest BCUT2D eigenvalue weighted by Gasteiger charge is -2.21. The van der Waals surface area contributed by atoms with Gasteiger partial charge in [0.15, 0.2) is 9.84 Å². The van der Waals surface area contributed by atoms with E-state index in [4.69, 9.17) is 12.2 Å². The number of para-hydroxylation sites is 1. The molecule has 0 spiro atoms. The molecule has 32 heavy (non-hydrogen) atoms. The first-order chi connectivity index (χ1) is 15.2. The normalized spacial score (nSPS) is 24.5. The van der Waals surface area contributed by atoms with Crippen LogP contribution in [0.4, 0.5) is 10.1 Å². The number of hydrogen-bond donors (Lipinski definition) is 0. The Morgan fingerprint density at radius 2 is 1.78 bits per heavy atom. The number of anilines is 1. The molecule has 2 fully saturated rings. The van der Waals surface area contributed by atoms with Gasteiger partial charge in [-0.15, -0.1) is 0 Å². The van der Waals surface area contributed by atoms with Gasteiger partial charge in [-0.2, -0.15) is 0 Å². The predicted octanol–water partition coefficient (Wildman–Crippen LogP) is 3.13. The van der Waals surface area contributed by atoms with Gasteiger partial charge in [-0.1, -0.05) is 54.3 Å². The molecule has 2 aromatic rings. The van der Waals surface area contributed by atoms with Gasteiger partial charge < -0.3 is 4.90 Å². The number of halogens is 1. The van der Waals surface area contributed by atoms with Crippen LogP contribution < -0.4 is 4.90 Å². The second kappa shape index (κ2) is 7.79. The molecule has 3 heterocycles. The number of carbonyl (C=O) groups excluding carboxylic acids is 2. The minimum atomic E-state index is -3.20. The van der Waals surface area contributed by atoms with Crippen molar-refractivity contribution in [1.29, 1.82) is 0 Å². The highest BCUT2D eigenvalue weighted by atomic mass is 32.2. The largest absolute Gasteiger partial charge is 0.303 e. The number of hydrogen-bond acceptors (Lipinski definition) is 6. The molecular weight excluding hydrogens is 471 g/mol. The van der Waals surface area contributed by atoms with Crippen LogP contribution in [-0.2, 0) is 26.0 Å². The average Bonchev–Trinajstić information content (AvgIpc) is 3.35. The molecule has 3 aliphatic rings. The van der Waals surface area contributed by atoms with Gasteiger partial charge in [0.05, 0.1) is 40.3 Å². The highest BCUT2D eigenvalue weighted by Gasteiger charge is 2.46. The standard InChI is InChI=1S/C22H17FN2O4S3/c23-14-7-5-13(6-8-14)11-24-17-4-2-1-3-16(17)18(20(24)26)19-21(27)25(22(30)31-19)15-9-10-32(28,29)12-15/h1-8,15H,9-12H2/b19-18+/t15-/m0/s1. The zero-order chi connectivity index (χ0) is 22.6. The third-order valence-corrected chi connectivity index (χ3v) is 8.93. The summed E-state index contributed by atoms with van der Waals surface area (Å²) in [5.74, 6) is -1.23. The van der Waals surface area contributed by atoms with Gasteiger partial charge in [0.1, 0.15) is 10.1 Å². The molecule has 10 heteroatoms. The summed E-state index contributed by atoms with van der Waals surface area (Å²) in [5.41, 5.74) is 2.30. The van der Waals surface area contributed by atoms with Gasteiger partial charge in [0, 0.05) is 5.56 Å². The molecule has 6 nitrogen and oxygen atoms in total. The Bertz CT molecular complexity index is 1300. The molecule has 1 atom stereocenters. The van der Waals surface area contributed by atoms with Crippen molar-refractivity contribution in [3.05, 3.63) is 70.4 Å². The summed E-state index contributed by atoms with van der Waals surface area (Å²) in [6, 6.07) is 12.6. The Labute approximate surface area is 194 Å². The zero-order valence-corrected chi connectivity index (χ0v) is 19.1. The fourth-order valence-electron chi connectivity index (χ4n) is 4.25. The number of thioether (sulfide) groups is 1. The van der Waals surface area contributed by atoms with Gasteiger partial charge in [-0.3, -0.25) is 14.5 Å². The number of thiocarbonyl (C=S) groups is 1. The monoisotopic (exact) mass is 488 g/mol. The lowest BCUT2D eigenvalue weighted by Crippen LogP contribution is -2.39. The Kier molecular flexibility index (Phi) is 5.18. The first-order valence-electron chi connectivity index (χ1n) is 9.91. The summed E-state index contributed by atoms with van der Waals surface area (Å²) in [7, 11) is -3.20.